The number of hydrogen-bond donors (Lipinski definition) is 0. The first kappa shape index (κ1) is 13.1. The van der Waals surface area contributed by atoms with Crippen LogP contribution in [0.15, 0.2) is 42.5 Å². The summed E-state index contributed by atoms with van der Waals surface area (Å²) in [5, 5.41) is 9.43. The molecule has 2 aromatic rings. The van der Waals surface area contributed by atoms with Crippen molar-refractivity contribution < 1.29 is 9.53 Å². The molecule has 2 rings (SSSR count). The second-order valence-electron chi connectivity index (χ2n) is 3.94. The Morgan fingerprint density at radius 2 is 2.05 bits per heavy atom. The predicted octanol–water partition coefficient (Wildman–Crippen LogP) is 4.21. The fourth-order valence-electron chi connectivity index (χ4n) is 1.62. The SMILES string of the molecule is CC(=O)c1ccc(C#N)cc1Oc1cccc(Cl)c1. The molecule has 0 aliphatic heterocycles. The summed E-state index contributed by atoms with van der Waals surface area (Å²) < 4.78 is 5.64. The first-order valence-corrected chi connectivity index (χ1v) is 5.96. The van der Waals surface area contributed by atoms with Gasteiger partial charge in [0.1, 0.15) is 11.5 Å². The Morgan fingerprint density at radius 1 is 1.26 bits per heavy atom. The Labute approximate surface area is 116 Å². The highest BCUT2D eigenvalue weighted by Gasteiger charge is 2.10. The first-order chi connectivity index (χ1) is 9.10. The summed E-state index contributed by atoms with van der Waals surface area (Å²) in [7, 11) is 0. The van der Waals surface area contributed by atoms with E-state index in [1.165, 1.54) is 13.0 Å². The number of benzene rings is 2. The van der Waals surface area contributed by atoms with Crippen molar-refractivity contribution >= 4 is 17.4 Å². The Kier molecular flexibility index (Phi) is 3.84. The number of carbonyl (C=O) groups is 1. The molecule has 0 unspecified atom stereocenters. The van der Waals surface area contributed by atoms with Crippen LogP contribution < -0.4 is 4.74 Å². The van der Waals surface area contributed by atoms with Crippen LogP contribution >= 0.6 is 11.6 Å². The van der Waals surface area contributed by atoms with E-state index >= 15 is 0 Å². The van der Waals surface area contributed by atoms with Gasteiger partial charge in [0.25, 0.3) is 0 Å². The van der Waals surface area contributed by atoms with Gasteiger partial charge in [-0.05, 0) is 43.3 Å². The minimum Gasteiger partial charge on any atom is -0.457 e. The molecule has 0 heterocycles. The number of Topliss-reactive ketones (excluding diaryl/α,β-unsaturated/α-hetero) is 1. The van der Waals surface area contributed by atoms with Crippen molar-refractivity contribution in [3.63, 3.8) is 0 Å². The molecule has 19 heavy (non-hydrogen) atoms. The molecule has 3 nitrogen and oxygen atoms in total. The van der Waals surface area contributed by atoms with Crippen molar-refractivity contribution in [1.82, 2.24) is 0 Å². The number of carbonyl (C=O) groups excluding carboxylic acids is 1. The molecule has 0 radical (unpaired) electrons. The van der Waals surface area contributed by atoms with E-state index in [1.807, 2.05) is 6.07 Å². The zero-order valence-corrected chi connectivity index (χ0v) is 10.9. The molecule has 0 bridgehead atoms. The number of rotatable bonds is 3. The van der Waals surface area contributed by atoms with Gasteiger partial charge in [0.2, 0.25) is 0 Å². The number of nitriles is 1. The monoisotopic (exact) mass is 271 g/mol. The molecule has 0 spiro atoms. The fraction of sp³-hybridized carbons (Fsp3) is 0.0667. The Bertz CT molecular complexity index is 674. The molecule has 0 N–H and O–H groups in total. The molecule has 4 heteroatoms. The van der Waals surface area contributed by atoms with Crippen molar-refractivity contribution in [2.75, 3.05) is 0 Å². The van der Waals surface area contributed by atoms with E-state index < -0.39 is 0 Å². The average molecular weight is 272 g/mol. The summed E-state index contributed by atoms with van der Waals surface area (Å²) in [6.07, 6.45) is 0. The highest BCUT2D eigenvalue weighted by molar-refractivity contribution is 6.30. The number of nitrogens with zero attached hydrogens (tertiary/aromatic N) is 1. The Balaban J connectivity index is 2.43. The topological polar surface area (TPSA) is 50.1 Å². The zero-order valence-electron chi connectivity index (χ0n) is 10.2. The van der Waals surface area contributed by atoms with Gasteiger partial charge in [-0.3, -0.25) is 4.79 Å². The molecule has 0 saturated carbocycles. The van der Waals surface area contributed by atoms with Gasteiger partial charge in [0.05, 0.1) is 17.2 Å². The van der Waals surface area contributed by atoms with Crippen LogP contribution in [0, 0.1) is 11.3 Å². The molecule has 2 aromatic carbocycles. The highest BCUT2D eigenvalue weighted by atomic mass is 35.5. The minimum atomic E-state index is -0.124. The lowest BCUT2D eigenvalue weighted by Gasteiger charge is -2.10. The lowest BCUT2D eigenvalue weighted by molar-refractivity contribution is 0.101. The van der Waals surface area contributed by atoms with E-state index in [1.54, 1.807) is 36.4 Å². The molecule has 94 valence electrons. The van der Waals surface area contributed by atoms with Crippen molar-refractivity contribution in [3.05, 3.63) is 58.6 Å². The Hall–Kier alpha value is -2.31. The van der Waals surface area contributed by atoms with Gasteiger partial charge in [-0.15, -0.1) is 0 Å². The maximum atomic E-state index is 11.5. The maximum absolute atomic E-state index is 11.5. The zero-order chi connectivity index (χ0) is 13.8. The summed E-state index contributed by atoms with van der Waals surface area (Å²) >= 11 is 5.87. The largest absolute Gasteiger partial charge is 0.457 e. The third-order valence-corrected chi connectivity index (χ3v) is 2.75. The fourth-order valence-corrected chi connectivity index (χ4v) is 1.80. The van der Waals surface area contributed by atoms with Gasteiger partial charge in [0.15, 0.2) is 5.78 Å². The molecule has 0 aliphatic carbocycles. The van der Waals surface area contributed by atoms with Gasteiger partial charge < -0.3 is 4.74 Å². The van der Waals surface area contributed by atoms with E-state index in [-0.39, 0.29) is 5.78 Å². The van der Waals surface area contributed by atoms with Gasteiger partial charge in [-0.2, -0.15) is 5.26 Å². The normalized spacial score (nSPS) is 9.74. The van der Waals surface area contributed by atoms with Crippen LogP contribution in [0.4, 0.5) is 0 Å². The van der Waals surface area contributed by atoms with Crippen molar-refractivity contribution in [3.8, 4) is 17.6 Å². The van der Waals surface area contributed by atoms with Gasteiger partial charge in [0, 0.05) is 5.02 Å². The number of ketones is 1. The van der Waals surface area contributed by atoms with E-state index in [2.05, 4.69) is 0 Å². The second kappa shape index (κ2) is 5.55. The third kappa shape index (κ3) is 3.12. The second-order valence-corrected chi connectivity index (χ2v) is 4.37. The summed E-state index contributed by atoms with van der Waals surface area (Å²) in [4.78, 5) is 11.5. The van der Waals surface area contributed by atoms with Crippen LogP contribution in [0.1, 0.15) is 22.8 Å². The Morgan fingerprint density at radius 3 is 2.68 bits per heavy atom. The van der Waals surface area contributed by atoms with Crippen molar-refractivity contribution in [2.24, 2.45) is 0 Å². The minimum absolute atomic E-state index is 0.124. The van der Waals surface area contributed by atoms with Crippen LogP contribution in [0.2, 0.25) is 5.02 Å². The number of halogens is 1. The summed E-state index contributed by atoms with van der Waals surface area (Å²) in [5.74, 6) is 0.750. The quantitative estimate of drug-likeness (QED) is 0.786. The van der Waals surface area contributed by atoms with E-state index in [0.717, 1.165) is 0 Å². The third-order valence-electron chi connectivity index (χ3n) is 2.51. The van der Waals surface area contributed by atoms with Crippen LogP contribution in [-0.4, -0.2) is 5.78 Å². The summed E-state index contributed by atoms with van der Waals surface area (Å²) in [5.41, 5.74) is 0.862. The van der Waals surface area contributed by atoms with Gasteiger partial charge >= 0.3 is 0 Å². The lowest BCUT2D eigenvalue weighted by Crippen LogP contribution is -1.97. The van der Waals surface area contributed by atoms with Crippen molar-refractivity contribution in [2.45, 2.75) is 6.92 Å². The van der Waals surface area contributed by atoms with E-state index in [0.29, 0.717) is 27.6 Å². The molecule has 0 aromatic heterocycles. The van der Waals surface area contributed by atoms with Crippen molar-refractivity contribution in [1.29, 1.82) is 5.26 Å². The highest BCUT2D eigenvalue weighted by Crippen LogP contribution is 2.28. The van der Waals surface area contributed by atoms with Crippen LogP contribution in [0.3, 0.4) is 0 Å². The van der Waals surface area contributed by atoms with Crippen LogP contribution in [0.25, 0.3) is 0 Å². The molecule has 0 atom stereocenters. The predicted molar refractivity (Wildman–Crippen MR) is 72.7 cm³/mol. The summed E-state index contributed by atoms with van der Waals surface area (Å²) in [6.45, 7) is 1.45. The molecular formula is C15H10ClNO2. The number of ether oxygens (including phenoxy) is 1. The summed E-state index contributed by atoms with van der Waals surface area (Å²) in [6, 6.07) is 13.6. The smallest absolute Gasteiger partial charge is 0.163 e. The average Bonchev–Trinajstić information content (AvgIpc) is 2.38. The molecular weight excluding hydrogens is 262 g/mol. The molecule has 0 saturated heterocycles. The van der Waals surface area contributed by atoms with Crippen LogP contribution in [-0.2, 0) is 0 Å². The molecule has 0 amide bonds. The van der Waals surface area contributed by atoms with E-state index in [4.69, 9.17) is 21.6 Å². The molecule has 0 fully saturated rings. The first-order valence-electron chi connectivity index (χ1n) is 5.58. The van der Waals surface area contributed by atoms with E-state index in [9.17, 15) is 4.79 Å². The lowest BCUT2D eigenvalue weighted by atomic mass is 10.1. The number of hydrogen-bond acceptors (Lipinski definition) is 3. The molecule has 0 aliphatic rings. The standard InChI is InChI=1S/C15H10ClNO2/c1-10(18)14-6-5-11(9-17)7-15(14)19-13-4-2-3-12(16)8-13/h2-8H,1H3. The van der Waals surface area contributed by atoms with Gasteiger partial charge in [-0.25, -0.2) is 0 Å². The maximum Gasteiger partial charge on any atom is 0.163 e. The van der Waals surface area contributed by atoms with Gasteiger partial charge in [-0.1, -0.05) is 17.7 Å². The van der Waals surface area contributed by atoms with Crippen LogP contribution in [0.5, 0.6) is 11.5 Å².